The van der Waals surface area contributed by atoms with Gasteiger partial charge in [0, 0.05) is 26.2 Å². The van der Waals surface area contributed by atoms with E-state index in [1.165, 1.54) is 0 Å². The first-order valence-corrected chi connectivity index (χ1v) is 12.3. The van der Waals surface area contributed by atoms with Crippen LogP contribution in [0.3, 0.4) is 0 Å². The summed E-state index contributed by atoms with van der Waals surface area (Å²) in [6.45, 7) is 5.11. The standard InChI is InChI=1S/C28H31ClN4O2/c1-21(28(35)31-27(22-10-4-2-5-11-22)23-12-6-3-7-13-23)33-18-16-32(17-19-33)20-26(34)30-25-15-9-8-14-24(25)29/h2-15,21,27H,16-20H2,1H3,(H,30,34)(H,31,35). The molecular formula is C28H31ClN4O2. The highest BCUT2D eigenvalue weighted by atomic mass is 35.5. The molecule has 1 heterocycles. The van der Waals surface area contributed by atoms with Crippen molar-refractivity contribution in [1.82, 2.24) is 15.1 Å². The van der Waals surface area contributed by atoms with Gasteiger partial charge >= 0.3 is 0 Å². The quantitative estimate of drug-likeness (QED) is 0.497. The number of benzene rings is 3. The van der Waals surface area contributed by atoms with Gasteiger partial charge in [-0.05, 0) is 30.2 Å². The molecule has 3 aromatic carbocycles. The molecule has 1 fully saturated rings. The molecule has 0 saturated carbocycles. The molecule has 0 aliphatic carbocycles. The fourth-order valence-corrected chi connectivity index (χ4v) is 4.53. The number of hydrogen-bond acceptors (Lipinski definition) is 4. The van der Waals surface area contributed by atoms with E-state index in [-0.39, 0.29) is 23.9 Å². The number of para-hydroxylation sites is 1. The molecule has 6 nitrogen and oxygen atoms in total. The Kier molecular flexibility index (Phi) is 8.53. The Bertz CT molecular complexity index is 1080. The molecule has 1 aliphatic heterocycles. The van der Waals surface area contributed by atoms with E-state index in [0.29, 0.717) is 30.3 Å². The van der Waals surface area contributed by atoms with E-state index in [1.54, 1.807) is 12.1 Å². The van der Waals surface area contributed by atoms with Gasteiger partial charge in [-0.3, -0.25) is 19.4 Å². The van der Waals surface area contributed by atoms with Gasteiger partial charge in [-0.2, -0.15) is 0 Å². The van der Waals surface area contributed by atoms with Crippen molar-refractivity contribution < 1.29 is 9.59 Å². The van der Waals surface area contributed by atoms with Crippen molar-refractivity contribution in [3.63, 3.8) is 0 Å². The zero-order chi connectivity index (χ0) is 24.6. The third kappa shape index (κ3) is 6.69. The molecule has 2 N–H and O–H groups in total. The molecule has 0 bridgehead atoms. The van der Waals surface area contributed by atoms with Crippen molar-refractivity contribution in [2.75, 3.05) is 38.0 Å². The number of nitrogens with one attached hydrogen (secondary N) is 2. The fourth-order valence-electron chi connectivity index (χ4n) is 4.34. The molecule has 0 aromatic heterocycles. The third-order valence-corrected chi connectivity index (χ3v) is 6.73. The van der Waals surface area contributed by atoms with Crippen molar-refractivity contribution in [1.29, 1.82) is 0 Å². The lowest BCUT2D eigenvalue weighted by atomic mass is 9.98. The lowest BCUT2D eigenvalue weighted by molar-refractivity contribution is -0.127. The van der Waals surface area contributed by atoms with Gasteiger partial charge in [-0.15, -0.1) is 0 Å². The number of anilines is 1. The molecule has 35 heavy (non-hydrogen) atoms. The van der Waals surface area contributed by atoms with E-state index in [9.17, 15) is 9.59 Å². The molecule has 0 radical (unpaired) electrons. The topological polar surface area (TPSA) is 64.7 Å². The first kappa shape index (κ1) is 24.9. The van der Waals surface area contributed by atoms with Gasteiger partial charge in [0.25, 0.3) is 0 Å². The minimum absolute atomic E-state index is 0.00683. The molecule has 0 spiro atoms. The van der Waals surface area contributed by atoms with Crippen LogP contribution in [0.2, 0.25) is 5.02 Å². The Labute approximate surface area is 211 Å². The predicted molar refractivity (Wildman–Crippen MR) is 140 cm³/mol. The van der Waals surface area contributed by atoms with Gasteiger partial charge in [0.1, 0.15) is 0 Å². The number of nitrogens with zero attached hydrogens (tertiary/aromatic N) is 2. The molecule has 1 saturated heterocycles. The number of carbonyl (C=O) groups excluding carboxylic acids is 2. The smallest absolute Gasteiger partial charge is 0.238 e. The van der Waals surface area contributed by atoms with Crippen LogP contribution in [0.5, 0.6) is 0 Å². The number of rotatable bonds is 8. The van der Waals surface area contributed by atoms with E-state index in [2.05, 4.69) is 20.4 Å². The maximum absolute atomic E-state index is 13.3. The normalized spacial score (nSPS) is 15.5. The maximum Gasteiger partial charge on any atom is 0.238 e. The third-order valence-electron chi connectivity index (χ3n) is 6.40. The van der Waals surface area contributed by atoms with Gasteiger partial charge in [0.05, 0.1) is 29.3 Å². The molecule has 4 rings (SSSR count). The zero-order valence-corrected chi connectivity index (χ0v) is 20.6. The van der Waals surface area contributed by atoms with E-state index in [4.69, 9.17) is 11.6 Å². The van der Waals surface area contributed by atoms with Crippen molar-refractivity contribution in [2.24, 2.45) is 0 Å². The summed E-state index contributed by atoms with van der Waals surface area (Å²) in [5, 5.41) is 6.65. The van der Waals surface area contributed by atoms with Crippen molar-refractivity contribution in [3.05, 3.63) is 101 Å². The van der Waals surface area contributed by atoms with Gasteiger partial charge < -0.3 is 10.6 Å². The molecule has 1 unspecified atom stereocenters. The number of amides is 2. The van der Waals surface area contributed by atoms with E-state index >= 15 is 0 Å². The lowest BCUT2D eigenvalue weighted by Gasteiger charge is -2.37. The van der Waals surface area contributed by atoms with Crippen LogP contribution < -0.4 is 10.6 Å². The average molecular weight is 491 g/mol. The second kappa shape index (κ2) is 12.0. The van der Waals surface area contributed by atoms with Gasteiger partial charge in [-0.1, -0.05) is 84.4 Å². The number of halogens is 1. The number of piperazine rings is 1. The number of carbonyl (C=O) groups is 2. The first-order valence-electron chi connectivity index (χ1n) is 11.9. The molecule has 3 aromatic rings. The highest BCUT2D eigenvalue weighted by molar-refractivity contribution is 6.33. The van der Waals surface area contributed by atoms with E-state index < -0.39 is 0 Å². The summed E-state index contributed by atoms with van der Waals surface area (Å²) < 4.78 is 0. The van der Waals surface area contributed by atoms with E-state index in [0.717, 1.165) is 24.2 Å². The summed E-state index contributed by atoms with van der Waals surface area (Å²) in [7, 11) is 0. The first-order chi connectivity index (χ1) is 17.0. The summed E-state index contributed by atoms with van der Waals surface area (Å²) in [4.78, 5) is 30.0. The monoisotopic (exact) mass is 490 g/mol. The van der Waals surface area contributed by atoms with E-state index in [1.807, 2.05) is 79.7 Å². The van der Waals surface area contributed by atoms with Crippen molar-refractivity contribution in [3.8, 4) is 0 Å². The van der Waals surface area contributed by atoms with Crippen LogP contribution in [0.25, 0.3) is 0 Å². The Balaban J connectivity index is 1.31. The van der Waals surface area contributed by atoms with Crippen LogP contribution in [0.1, 0.15) is 24.1 Å². The molecule has 182 valence electrons. The average Bonchev–Trinajstić information content (AvgIpc) is 2.89. The Hall–Kier alpha value is -3.19. The summed E-state index contributed by atoms with van der Waals surface area (Å²) in [6.07, 6.45) is 0. The minimum Gasteiger partial charge on any atom is -0.344 e. The van der Waals surface area contributed by atoms with Gasteiger partial charge in [0.2, 0.25) is 11.8 Å². The summed E-state index contributed by atoms with van der Waals surface area (Å²) in [5.74, 6) is -0.0986. The maximum atomic E-state index is 13.3. The Morgan fingerprint density at radius 1 is 0.829 bits per heavy atom. The number of hydrogen-bond donors (Lipinski definition) is 2. The second-order valence-corrected chi connectivity index (χ2v) is 9.19. The van der Waals surface area contributed by atoms with Gasteiger partial charge in [0.15, 0.2) is 0 Å². The van der Waals surface area contributed by atoms with Crippen LogP contribution >= 0.6 is 11.6 Å². The molecule has 1 aliphatic rings. The summed E-state index contributed by atoms with van der Waals surface area (Å²) in [5.41, 5.74) is 2.72. The Morgan fingerprint density at radius 2 is 1.37 bits per heavy atom. The SMILES string of the molecule is CC(C(=O)NC(c1ccccc1)c1ccccc1)N1CCN(CC(=O)Nc2ccccc2Cl)CC1. The molecule has 2 amide bonds. The molecular weight excluding hydrogens is 460 g/mol. The fraction of sp³-hybridized carbons (Fsp3) is 0.286. The van der Waals surface area contributed by atoms with Crippen molar-refractivity contribution in [2.45, 2.75) is 19.0 Å². The lowest BCUT2D eigenvalue weighted by Crippen LogP contribution is -2.55. The van der Waals surface area contributed by atoms with Crippen molar-refractivity contribution >= 4 is 29.1 Å². The van der Waals surface area contributed by atoms with Crippen LogP contribution in [0.4, 0.5) is 5.69 Å². The van der Waals surface area contributed by atoms with Crippen LogP contribution in [-0.4, -0.2) is 60.4 Å². The Morgan fingerprint density at radius 3 is 1.94 bits per heavy atom. The highest BCUT2D eigenvalue weighted by Crippen LogP contribution is 2.23. The van der Waals surface area contributed by atoms with Crippen LogP contribution in [0.15, 0.2) is 84.9 Å². The second-order valence-electron chi connectivity index (χ2n) is 8.78. The summed E-state index contributed by atoms with van der Waals surface area (Å²) >= 11 is 6.14. The van der Waals surface area contributed by atoms with Crippen LogP contribution in [0, 0.1) is 0 Å². The zero-order valence-electron chi connectivity index (χ0n) is 19.9. The molecule has 1 atom stereocenters. The molecule has 7 heteroatoms. The van der Waals surface area contributed by atoms with Gasteiger partial charge in [-0.25, -0.2) is 0 Å². The highest BCUT2D eigenvalue weighted by Gasteiger charge is 2.28. The predicted octanol–water partition coefficient (Wildman–Crippen LogP) is 4.19. The van der Waals surface area contributed by atoms with Crippen LogP contribution in [-0.2, 0) is 9.59 Å². The summed E-state index contributed by atoms with van der Waals surface area (Å²) in [6, 6.07) is 26.8. The minimum atomic E-state index is -0.274. The largest absolute Gasteiger partial charge is 0.344 e.